The minimum Gasteiger partial charge on any atom is -0.508 e. The number of fused-ring (bicyclic) bond motifs is 1. The fraction of sp³-hybridized carbons (Fsp3) is 0.111. The quantitative estimate of drug-likeness (QED) is 0.415. The second-order valence-electron chi connectivity index (χ2n) is 7.97. The summed E-state index contributed by atoms with van der Waals surface area (Å²) in [6.07, 6.45) is 0.539. The molecule has 2 N–H and O–H groups in total. The Bertz CT molecular complexity index is 1450. The molecule has 0 fully saturated rings. The van der Waals surface area contributed by atoms with Crippen LogP contribution >= 0.6 is 0 Å². The van der Waals surface area contributed by atoms with Crippen molar-refractivity contribution in [3.05, 3.63) is 124 Å². The van der Waals surface area contributed by atoms with Crippen molar-refractivity contribution in [2.24, 2.45) is 0 Å². The summed E-state index contributed by atoms with van der Waals surface area (Å²) < 4.78 is 1.58. The SMILES string of the molecule is Cc1[nH]n(-c2ccccc2)c(=O)c1C(Cc1ccc2ccccc2n1)c1cccc(O)c1. The highest BCUT2D eigenvalue weighted by molar-refractivity contribution is 5.78. The third-order valence-corrected chi connectivity index (χ3v) is 5.82. The molecule has 0 bridgehead atoms. The average Bonchev–Trinajstić information content (AvgIpc) is 3.11. The maximum absolute atomic E-state index is 13.5. The lowest BCUT2D eigenvalue weighted by Gasteiger charge is -2.17. The largest absolute Gasteiger partial charge is 0.508 e. The zero-order chi connectivity index (χ0) is 22.1. The maximum atomic E-state index is 13.5. The molecule has 5 aromatic rings. The molecule has 2 heterocycles. The molecule has 0 aliphatic heterocycles. The lowest BCUT2D eigenvalue weighted by Crippen LogP contribution is -2.21. The molecular formula is C27H23N3O2. The monoisotopic (exact) mass is 421 g/mol. The van der Waals surface area contributed by atoms with E-state index in [4.69, 9.17) is 4.98 Å². The van der Waals surface area contributed by atoms with Gasteiger partial charge in [-0.25, -0.2) is 4.68 Å². The first-order valence-corrected chi connectivity index (χ1v) is 10.6. The van der Waals surface area contributed by atoms with Crippen LogP contribution in [0.2, 0.25) is 0 Å². The van der Waals surface area contributed by atoms with Gasteiger partial charge < -0.3 is 5.11 Å². The van der Waals surface area contributed by atoms with E-state index in [9.17, 15) is 9.90 Å². The summed E-state index contributed by atoms with van der Waals surface area (Å²) in [5, 5.41) is 14.4. The molecule has 0 aliphatic carbocycles. The van der Waals surface area contributed by atoms with Gasteiger partial charge in [-0.3, -0.25) is 14.9 Å². The second kappa shape index (κ2) is 8.19. The molecule has 158 valence electrons. The molecule has 0 radical (unpaired) electrons. The van der Waals surface area contributed by atoms with Crippen molar-refractivity contribution in [1.29, 1.82) is 0 Å². The van der Waals surface area contributed by atoms with Crippen molar-refractivity contribution in [3.8, 4) is 11.4 Å². The summed E-state index contributed by atoms with van der Waals surface area (Å²) in [6, 6.07) is 28.7. The van der Waals surface area contributed by atoms with Crippen LogP contribution in [-0.2, 0) is 6.42 Å². The maximum Gasteiger partial charge on any atom is 0.275 e. The van der Waals surface area contributed by atoms with E-state index < -0.39 is 0 Å². The number of aromatic amines is 1. The third kappa shape index (κ3) is 3.69. The standard InChI is InChI=1S/C27H23N3O2/c1-18-26(27(32)30(29-18)22-10-3-2-4-11-22)24(20-9-7-12-23(31)16-20)17-21-15-14-19-8-5-6-13-25(19)28-21/h2-16,24,29,31H,17H2,1H3. The molecule has 1 atom stereocenters. The summed E-state index contributed by atoms with van der Waals surface area (Å²) >= 11 is 0. The fourth-order valence-corrected chi connectivity index (χ4v) is 4.29. The van der Waals surface area contributed by atoms with E-state index >= 15 is 0 Å². The van der Waals surface area contributed by atoms with Crippen LogP contribution in [0, 0.1) is 6.92 Å². The Labute approximate surface area is 185 Å². The van der Waals surface area contributed by atoms with E-state index in [1.165, 1.54) is 0 Å². The number of para-hydroxylation sites is 2. The topological polar surface area (TPSA) is 70.9 Å². The van der Waals surface area contributed by atoms with E-state index in [1.807, 2.05) is 79.7 Å². The van der Waals surface area contributed by atoms with Crippen LogP contribution in [0.15, 0.2) is 95.8 Å². The van der Waals surface area contributed by atoms with Crippen molar-refractivity contribution in [3.63, 3.8) is 0 Å². The van der Waals surface area contributed by atoms with Gasteiger partial charge in [0.1, 0.15) is 5.75 Å². The highest BCUT2D eigenvalue weighted by Gasteiger charge is 2.25. The number of hydrogen-bond donors (Lipinski definition) is 2. The molecular weight excluding hydrogens is 398 g/mol. The van der Waals surface area contributed by atoms with Crippen molar-refractivity contribution in [2.75, 3.05) is 0 Å². The fourth-order valence-electron chi connectivity index (χ4n) is 4.29. The zero-order valence-corrected chi connectivity index (χ0v) is 17.7. The summed E-state index contributed by atoms with van der Waals surface area (Å²) in [4.78, 5) is 18.4. The Kier molecular flexibility index (Phi) is 5.07. The highest BCUT2D eigenvalue weighted by Crippen LogP contribution is 2.30. The van der Waals surface area contributed by atoms with Crippen LogP contribution in [0.4, 0.5) is 0 Å². The number of aryl methyl sites for hydroxylation is 1. The van der Waals surface area contributed by atoms with Crippen LogP contribution in [0.25, 0.3) is 16.6 Å². The molecule has 2 aromatic heterocycles. The molecule has 0 saturated carbocycles. The molecule has 5 heteroatoms. The Morgan fingerprint density at radius 1 is 0.938 bits per heavy atom. The number of hydrogen-bond acceptors (Lipinski definition) is 3. The molecule has 3 aromatic carbocycles. The number of nitrogens with one attached hydrogen (secondary N) is 1. The van der Waals surface area contributed by atoms with Gasteiger partial charge in [0, 0.05) is 34.7 Å². The van der Waals surface area contributed by atoms with Gasteiger partial charge >= 0.3 is 0 Å². The second-order valence-corrected chi connectivity index (χ2v) is 7.97. The smallest absolute Gasteiger partial charge is 0.275 e. The first kappa shape index (κ1) is 19.8. The van der Waals surface area contributed by atoms with E-state index in [2.05, 4.69) is 11.2 Å². The van der Waals surface area contributed by atoms with Gasteiger partial charge in [-0.1, -0.05) is 54.6 Å². The number of phenolic OH excluding ortho intramolecular Hbond substituents is 1. The van der Waals surface area contributed by atoms with Crippen LogP contribution in [0.1, 0.15) is 28.4 Å². The first-order valence-electron chi connectivity index (χ1n) is 10.6. The van der Waals surface area contributed by atoms with E-state index in [0.717, 1.165) is 33.5 Å². The third-order valence-electron chi connectivity index (χ3n) is 5.82. The first-order chi connectivity index (χ1) is 15.6. The van der Waals surface area contributed by atoms with E-state index in [0.29, 0.717) is 12.0 Å². The van der Waals surface area contributed by atoms with Crippen molar-refractivity contribution in [2.45, 2.75) is 19.3 Å². The molecule has 0 saturated heterocycles. The Morgan fingerprint density at radius 2 is 1.72 bits per heavy atom. The van der Waals surface area contributed by atoms with E-state index in [1.54, 1.807) is 16.8 Å². The molecule has 32 heavy (non-hydrogen) atoms. The van der Waals surface area contributed by atoms with Crippen molar-refractivity contribution in [1.82, 2.24) is 14.8 Å². The summed E-state index contributed by atoms with van der Waals surface area (Å²) in [5.74, 6) is -0.0833. The lowest BCUT2D eigenvalue weighted by atomic mass is 9.87. The van der Waals surface area contributed by atoms with Gasteiger partial charge in [0.2, 0.25) is 0 Å². The van der Waals surface area contributed by atoms with Gasteiger partial charge in [0.15, 0.2) is 0 Å². The number of rotatable bonds is 5. The number of nitrogens with zero attached hydrogens (tertiary/aromatic N) is 2. The minimum atomic E-state index is -0.260. The van der Waals surface area contributed by atoms with Crippen molar-refractivity contribution < 1.29 is 5.11 Å². The minimum absolute atomic E-state index is 0.0946. The van der Waals surface area contributed by atoms with Gasteiger partial charge in [-0.05, 0) is 48.9 Å². The molecule has 5 nitrogen and oxygen atoms in total. The number of phenols is 1. The van der Waals surface area contributed by atoms with Crippen LogP contribution in [-0.4, -0.2) is 19.9 Å². The van der Waals surface area contributed by atoms with Crippen LogP contribution < -0.4 is 5.56 Å². The number of aromatic hydroxyl groups is 1. The number of H-pyrrole nitrogens is 1. The number of aromatic nitrogens is 3. The molecule has 0 spiro atoms. The van der Waals surface area contributed by atoms with Crippen molar-refractivity contribution >= 4 is 10.9 Å². The summed E-state index contributed by atoms with van der Waals surface area (Å²) in [5.41, 5.74) is 4.85. The normalized spacial score (nSPS) is 12.2. The lowest BCUT2D eigenvalue weighted by molar-refractivity contribution is 0.474. The van der Waals surface area contributed by atoms with Crippen LogP contribution in [0.5, 0.6) is 5.75 Å². The molecule has 1 unspecified atom stereocenters. The Balaban J connectivity index is 1.64. The number of benzene rings is 3. The Morgan fingerprint density at radius 3 is 2.53 bits per heavy atom. The van der Waals surface area contributed by atoms with Crippen LogP contribution in [0.3, 0.4) is 0 Å². The zero-order valence-electron chi connectivity index (χ0n) is 17.7. The molecule has 5 rings (SSSR count). The van der Waals surface area contributed by atoms with Gasteiger partial charge in [0.25, 0.3) is 5.56 Å². The van der Waals surface area contributed by atoms with Gasteiger partial charge in [-0.15, -0.1) is 0 Å². The van der Waals surface area contributed by atoms with Gasteiger partial charge in [0.05, 0.1) is 11.2 Å². The predicted octanol–water partition coefficient (Wildman–Crippen LogP) is 5.10. The van der Waals surface area contributed by atoms with E-state index in [-0.39, 0.29) is 17.2 Å². The Hall–Kier alpha value is -4.12. The average molecular weight is 422 g/mol. The highest BCUT2D eigenvalue weighted by atomic mass is 16.3. The molecule has 0 aliphatic rings. The number of pyridine rings is 1. The molecule has 0 amide bonds. The predicted molar refractivity (Wildman–Crippen MR) is 127 cm³/mol. The van der Waals surface area contributed by atoms with Gasteiger partial charge in [-0.2, -0.15) is 0 Å². The summed E-state index contributed by atoms with van der Waals surface area (Å²) in [6.45, 7) is 1.92. The summed E-state index contributed by atoms with van der Waals surface area (Å²) in [7, 11) is 0.